The van der Waals surface area contributed by atoms with Gasteiger partial charge in [-0.15, -0.1) is 12.4 Å². The largest absolute Gasteiger partial charge is 0.379 e. The van der Waals surface area contributed by atoms with Gasteiger partial charge in [-0.25, -0.2) is 0 Å². The number of amides is 1. The number of carbonyl (C=O) groups is 1. The first-order valence-corrected chi connectivity index (χ1v) is 7.93. The van der Waals surface area contributed by atoms with E-state index >= 15 is 0 Å². The molecular weight excluding hydrogens is 300 g/mol. The lowest BCUT2D eigenvalue weighted by molar-refractivity contribution is 0.0929. The smallest absolute Gasteiger partial charge is 0.251 e. The molecule has 2 heterocycles. The molecule has 122 valence electrons. The van der Waals surface area contributed by atoms with E-state index in [0.29, 0.717) is 12.5 Å². The van der Waals surface area contributed by atoms with Crippen molar-refractivity contribution < 1.29 is 9.53 Å². The van der Waals surface area contributed by atoms with Gasteiger partial charge in [-0.05, 0) is 62.9 Å². The normalized spacial score (nSPS) is 22.1. The molecule has 0 spiro atoms. The van der Waals surface area contributed by atoms with Crippen LogP contribution >= 0.6 is 12.4 Å². The maximum absolute atomic E-state index is 12.4. The van der Waals surface area contributed by atoms with Gasteiger partial charge in [0.05, 0.1) is 12.6 Å². The Balaban J connectivity index is 0.00000176. The summed E-state index contributed by atoms with van der Waals surface area (Å²) in [6.07, 6.45) is 3.22. The number of rotatable bonds is 3. The molecule has 2 fully saturated rings. The molecule has 3 rings (SSSR count). The maximum Gasteiger partial charge on any atom is 0.251 e. The summed E-state index contributed by atoms with van der Waals surface area (Å²) in [6.45, 7) is 5.59. The summed E-state index contributed by atoms with van der Waals surface area (Å²) in [5.74, 6) is 0.608. The summed E-state index contributed by atoms with van der Waals surface area (Å²) in [5.41, 5.74) is 3.26. The fourth-order valence-electron chi connectivity index (χ4n) is 3.25. The van der Waals surface area contributed by atoms with E-state index in [1.807, 2.05) is 6.07 Å². The summed E-state index contributed by atoms with van der Waals surface area (Å²) < 4.78 is 5.31. The van der Waals surface area contributed by atoms with Gasteiger partial charge >= 0.3 is 0 Å². The molecule has 2 aliphatic rings. The Bertz CT molecular complexity index is 509. The molecule has 0 bridgehead atoms. The lowest BCUT2D eigenvalue weighted by Gasteiger charge is -2.24. The van der Waals surface area contributed by atoms with E-state index in [1.165, 1.54) is 11.1 Å². The highest BCUT2D eigenvalue weighted by molar-refractivity contribution is 5.94. The van der Waals surface area contributed by atoms with Gasteiger partial charge in [0.2, 0.25) is 0 Å². The van der Waals surface area contributed by atoms with Crippen molar-refractivity contribution >= 4 is 18.3 Å². The maximum atomic E-state index is 12.4. The van der Waals surface area contributed by atoms with E-state index in [1.54, 1.807) is 0 Å². The second-order valence-corrected chi connectivity index (χ2v) is 6.19. The molecule has 2 saturated heterocycles. The second-order valence-electron chi connectivity index (χ2n) is 6.19. The van der Waals surface area contributed by atoms with E-state index in [2.05, 4.69) is 29.7 Å². The fourth-order valence-corrected chi connectivity index (χ4v) is 3.25. The number of hydrogen-bond acceptors (Lipinski definition) is 3. The van der Waals surface area contributed by atoms with Crippen LogP contribution in [0.15, 0.2) is 18.2 Å². The Morgan fingerprint density at radius 1 is 1.23 bits per heavy atom. The Labute approximate surface area is 138 Å². The third-order valence-corrected chi connectivity index (χ3v) is 4.44. The van der Waals surface area contributed by atoms with Gasteiger partial charge in [0.15, 0.2) is 0 Å². The van der Waals surface area contributed by atoms with Crippen LogP contribution in [0.1, 0.15) is 46.7 Å². The first kappa shape index (κ1) is 17.3. The van der Waals surface area contributed by atoms with Gasteiger partial charge < -0.3 is 15.4 Å². The molecular formula is C17H25ClN2O2. The SMILES string of the molecule is Cc1cc(C(=O)NC2CCOC2)cc(C2CCNCC2)c1.Cl. The molecule has 4 nitrogen and oxygen atoms in total. The topological polar surface area (TPSA) is 50.4 Å². The van der Waals surface area contributed by atoms with Crippen LogP contribution in [-0.4, -0.2) is 38.3 Å². The molecule has 22 heavy (non-hydrogen) atoms. The zero-order valence-corrected chi connectivity index (χ0v) is 13.9. The minimum atomic E-state index is 0. The van der Waals surface area contributed by atoms with Crippen LogP contribution in [0.3, 0.4) is 0 Å². The summed E-state index contributed by atoms with van der Waals surface area (Å²) in [7, 11) is 0. The zero-order valence-electron chi connectivity index (χ0n) is 13.1. The highest BCUT2D eigenvalue weighted by atomic mass is 35.5. The van der Waals surface area contributed by atoms with Crippen molar-refractivity contribution in [2.75, 3.05) is 26.3 Å². The van der Waals surface area contributed by atoms with Crippen LogP contribution < -0.4 is 10.6 Å². The molecule has 0 radical (unpaired) electrons. The van der Waals surface area contributed by atoms with Crippen LogP contribution in [0.5, 0.6) is 0 Å². The van der Waals surface area contributed by atoms with E-state index in [4.69, 9.17) is 4.74 Å². The monoisotopic (exact) mass is 324 g/mol. The molecule has 2 aliphatic heterocycles. The van der Waals surface area contributed by atoms with E-state index in [0.717, 1.165) is 44.5 Å². The predicted molar refractivity (Wildman–Crippen MR) is 90.0 cm³/mol. The average Bonchev–Trinajstić information content (AvgIpc) is 3.00. The Hall–Kier alpha value is -1.10. The van der Waals surface area contributed by atoms with Gasteiger partial charge in [0.1, 0.15) is 0 Å². The molecule has 1 aromatic rings. The summed E-state index contributed by atoms with van der Waals surface area (Å²) in [5, 5.41) is 6.47. The molecule has 2 N–H and O–H groups in total. The summed E-state index contributed by atoms with van der Waals surface area (Å²) >= 11 is 0. The molecule has 0 saturated carbocycles. The quantitative estimate of drug-likeness (QED) is 0.897. The average molecular weight is 325 g/mol. The molecule has 1 atom stereocenters. The van der Waals surface area contributed by atoms with Crippen molar-refractivity contribution in [1.82, 2.24) is 10.6 Å². The second kappa shape index (κ2) is 7.95. The van der Waals surface area contributed by atoms with E-state index < -0.39 is 0 Å². The number of piperidine rings is 1. The molecule has 0 aliphatic carbocycles. The van der Waals surface area contributed by atoms with Crippen molar-refractivity contribution in [2.24, 2.45) is 0 Å². The fraction of sp³-hybridized carbons (Fsp3) is 0.588. The van der Waals surface area contributed by atoms with Gasteiger partial charge in [-0.1, -0.05) is 11.6 Å². The van der Waals surface area contributed by atoms with Crippen LogP contribution in [0.2, 0.25) is 0 Å². The van der Waals surface area contributed by atoms with Crippen molar-refractivity contribution in [3.05, 3.63) is 34.9 Å². The zero-order chi connectivity index (χ0) is 14.7. The number of aryl methyl sites for hydroxylation is 1. The molecule has 1 unspecified atom stereocenters. The first-order valence-electron chi connectivity index (χ1n) is 7.93. The Morgan fingerprint density at radius 3 is 2.68 bits per heavy atom. The number of carbonyl (C=O) groups excluding carboxylic acids is 1. The third-order valence-electron chi connectivity index (χ3n) is 4.44. The molecule has 5 heteroatoms. The van der Waals surface area contributed by atoms with Crippen molar-refractivity contribution in [3.63, 3.8) is 0 Å². The minimum absolute atomic E-state index is 0. The number of hydrogen-bond donors (Lipinski definition) is 2. The van der Waals surface area contributed by atoms with Gasteiger partial charge in [0, 0.05) is 12.2 Å². The van der Waals surface area contributed by atoms with Crippen LogP contribution in [0.4, 0.5) is 0 Å². The Kier molecular flexibility index (Phi) is 6.24. The molecule has 1 aromatic carbocycles. The number of halogens is 1. The van der Waals surface area contributed by atoms with Crippen LogP contribution in [0.25, 0.3) is 0 Å². The molecule has 1 amide bonds. The summed E-state index contributed by atoms with van der Waals surface area (Å²) in [4.78, 5) is 12.4. The van der Waals surface area contributed by atoms with E-state index in [-0.39, 0.29) is 24.4 Å². The lowest BCUT2D eigenvalue weighted by atomic mass is 9.88. The molecule has 0 aromatic heterocycles. The third kappa shape index (κ3) is 4.22. The predicted octanol–water partition coefficient (Wildman–Crippen LogP) is 2.40. The van der Waals surface area contributed by atoms with E-state index in [9.17, 15) is 4.79 Å². The Morgan fingerprint density at radius 2 is 2.00 bits per heavy atom. The number of benzene rings is 1. The highest BCUT2D eigenvalue weighted by Crippen LogP contribution is 2.27. The lowest BCUT2D eigenvalue weighted by Crippen LogP contribution is -2.35. The highest BCUT2D eigenvalue weighted by Gasteiger charge is 2.20. The minimum Gasteiger partial charge on any atom is -0.379 e. The van der Waals surface area contributed by atoms with Gasteiger partial charge in [-0.2, -0.15) is 0 Å². The number of ether oxygens (including phenoxy) is 1. The summed E-state index contributed by atoms with van der Waals surface area (Å²) in [6, 6.07) is 6.45. The van der Waals surface area contributed by atoms with Gasteiger partial charge in [0.25, 0.3) is 5.91 Å². The number of nitrogens with one attached hydrogen (secondary N) is 2. The van der Waals surface area contributed by atoms with Crippen LogP contribution in [0, 0.1) is 6.92 Å². The van der Waals surface area contributed by atoms with Crippen molar-refractivity contribution in [3.8, 4) is 0 Å². The van der Waals surface area contributed by atoms with Crippen molar-refractivity contribution in [2.45, 2.75) is 38.1 Å². The van der Waals surface area contributed by atoms with Gasteiger partial charge in [-0.3, -0.25) is 4.79 Å². The van der Waals surface area contributed by atoms with Crippen LogP contribution in [-0.2, 0) is 4.74 Å². The van der Waals surface area contributed by atoms with Crippen molar-refractivity contribution in [1.29, 1.82) is 0 Å². The first-order chi connectivity index (χ1) is 10.2. The standard InChI is InChI=1S/C17H24N2O2.ClH/c1-12-8-14(13-2-5-18-6-3-13)10-15(9-12)17(20)19-16-4-7-21-11-16;/h8-10,13,16,18H,2-7,11H2,1H3,(H,19,20);1H.